The highest BCUT2D eigenvalue weighted by atomic mass is 16.5. The summed E-state index contributed by atoms with van der Waals surface area (Å²) in [5.41, 5.74) is 2.67. The molecule has 0 amide bonds. The molecule has 3 rings (SSSR count). The van der Waals surface area contributed by atoms with Gasteiger partial charge in [0.25, 0.3) is 0 Å². The first-order valence-corrected chi connectivity index (χ1v) is 7.99. The first-order chi connectivity index (χ1) is 9.79. The minimum Gasteiger partial charge on any atom is -0.382 e. The van der Waals surface area contributed by atoms with E-state index in [9.17, 15) is 0 Å². The molecule has 0 bridgehead atoms. The van der Waals surface area contributed by atoms with E-state index in [2.05, 4.69) is 41.4 Å². The topological polar surface area (TPSA) is 24.5 Å². The molecule has 1 aromatic rings. The predicted octanol–water partition coefficient (Wildman–Crippen LogP) is 3.26. The van der Waals surface area contributed by atoms with Crippen molar-refractivity contribution in [3.05, 3.63) is 29.8 Å². The second-order valence-electron chi connectivity index (χ2n) is 6.23. The van der Waals surface area contributed by atoms with Crippen LogP contribution in [0.3, 0.4) is 0 Å². The van der Waals surface area contributed by atoms with Crippen LogP contribution in [-0.2, 0) is 11.3 Å². The quantitative estimate of drug-likeness (QED) is 0.912. The Kier molecular flexibility index (Phi) is 4.58. The van der Waals surface area contributed by atoms with Gasteiger partial charge < -0.3 is 10.1 Å². The molecule has 0 saturated carbocycles. The number of hydrogen-bond donors (Lipinski definition) is 1. The minimum absolute atomic E-state index is 0.385. The molecule has 1 N–H and O–H groups in total. The van der Waals surface area contributed by atoms with Gasteiger partial charge in [-0.2, -0.15) is 0 Å². The summed E-state index contributed by atoms with van der Waals surface area (Å²) < 4.78 is 5.59. The molecule has 2 aliphatic rings. The lowest BCUT2D eigenvalue weighted by Crippen LogP contribution is -2.32. The second-order valence-corrected chi connectivity index (χ2v) is 6.23. The standard InChI is InChI=1S/C17H26N2O/c1-14-12-17(8-11-20-14)18-16-6-4-15(5-7-16)13-19-9-2-3-10-19/h4-7,14,17-18H,2-3,8-13H2,1H3. The molecule has 2 saturated heterocycles. The molecule has 2 atom stereocenters. The second kappa shape index (κ2) is 6.59. The van der Waals surface area contributed by atoms with E-state index in [1.54, 1.807) is 0 Å². The van der Waals surface area contributed by atoms with Gasteiger partial charge in [0, 0.05) is 24.9 Å². The van der Waals surface area contributed by atoms with Gasteiger partial charge in [0.1, 0.15) is 0 Å². The third kappa shape index (κ3) is 3.74. The summed E-state index contributed by atoms with van der Waals surface area (Å²) in [6, 6.07) is 9.55. The zero-order chi connectivity index (χ0) is 13.8. The van der Waals surface area contributed by atoms with Gasteiger partial charge in [0.15, 0.2) is 0 Å². The Morgan fingerprint density at radius 2 is 1.95 bits per heavy atom. The Labute approximate surface area is 122 Å². The normalized spacial score (nSPS) is 27.6. The fourth-order valence-electron chi connectivity index (χ4n) is 3.27. The molecule has 0 spiro atoms. The largest absolute Gasteiger partial charge is 0.382 e. The van der Waals surface area contributed by atoms with Crippen LogP contribution in [-0.4, -0.2) is 36.7 Å². The zero-order valence-electron chi connectivity index (χ0n) is 12.5. The van der Waals surface area contributed by atoms with Crippen molar-refractivity contribution in [3.63, 3.8) is 0 Å². The first kappa shape index (κ1) is 13.9. The Hall–Kier alpha value is -1.06. The Bertz CT molecular complexity index is 412. The van der Waals surface area contributed by atoms with E-state index in [0.717, 1.165) is 26.0 Å². The van der Waals surface area contributed by atoms with Gasteiger partial charge in [-0.3, -0.25) is 4.90 Å². The highest BCUT2D eigenvalue weighted by Crippen LogP contribution is 2.20. The molecule has 2 fully saturated rings. The van der Waals surface area contributed by atoms with Crippen molar-refractivity contribution in [3.8, 4) is 0 Å². The predicted molar refractivity (Wildman–Crippen MR) is 83.0 cm³/mol. The van der Waals surface area contributed by atoms with Gasteiger partial charge in [-0.1, -0.05) is 12.1 Å². The monoisotopic (exact) mass is 274 g/mol. The zero-order valence-corrected chi connectivity index (χ0v) is 12.5. The van der Waals surface area contributed by atoms with Gasteiger partial charge in [0.05, 0.1) is 6.10 Å². The minimum atomic E-state index is 0.385. The van der Waals surface area contributed by atoms with Gasteiger partial charge in [-0.25, -0.2) is 0 Å². The number of hydrogen-bond acceptors (Lipinski definition) is 3. The number of nitrogens with one attached hydrogen (secondary N) is 1. The molecule has 3 nitrogen and oxygen atoms in total. The van der Waals surface area contributed by atoms with Gasteiger partial charge in [-0.05, 0) is 63.4 Å². The van der Waals surface area contributed by atoms with E-state index in [1.165, 1.54) is 37.2 Å². The van der Waals surface area contributed by atoms with Gasteiger partial charge in [0.2, 0.25) is 0 Å². The molecule has 2 unspecified atom stereocenters. The molecule has 20 heavy (non-hydrogen) atoms. The van der Waals surface area contributed by atoms with Crippen LogP contribution in [0.5, 0.6) is 0 Å². The average molecular weight is 274 g/mol. The van der Waals surface area contributed by atoms with Gasteiger partial charge >= 0.3 is 0 Å². The van der Waals surface area contributed by atoms with Crippen molar-refractivity contribution in [1.82, 2.24) is 4.90 Å². The number of benzene rings is 1. The smallest absolute Gasteiger partial charge is 0.0566 e. The van der Waals surface area contributed by atoms with Gasteiger partial charge in [-0.15, -0.1) is 0 Å². The summed E-state index contributed by atoms with van der Waals surface area (Å²) in [6.07, 6.45) is 5.33. The summed E-state index contributed by atoms with van der Waals surface area (Å²) in [6.45, 7) is 6.67. The SMILES string of the molecule is CC1CC(Nc2ccc(CN3CCCC3)cc2)CCO1. The molecule has 3 heteroatoms. The van der Waals surface area contributed by atoms with Crippen LogP contribution in [0.25, 0.3) is 0 Å². The van der Waals surface area contributed by atoms with Crippen molar-refractivity contribution in [2.45, 2.75) is 51.3 Å². The van der Waals surface area contributed by atoms with Crippen molar-refractivity contribution in [1.29, 1.82) is 0 Å². The number of nitrogens with zero attached hydrogens (tertiary/aromatic N) is 1. The lowest BCUT2D eigenvalue weighted by Gasteiger charge is -2.28. The maximum atomic E-state index is 5.59. The van der Waals surface area contributed by atoms with Crippen LogP contribution in [0.1, 0.15) is 38.2 Å². The fourth-order valence-corrected chi connectivity index (χ4v) is 3.27. The van der Waals surface area contributed by atoms with E-state index < -0.39 is 0 Å². The van der Waals surface area contributed by atoms with Crippen molar-refractivity contribution < 1.29 is 4.74 Å². The van der Waals surface area contributed by atoms with Crippen molar-refractivity contribution in [2.24, 2.45) is 0 Å². The van der Waals surface area contributed by atoms with Crippen LogP contribution >= 0.6 is 0 Å². The van der Waals surface area contributed by atoms with Crippen LogP contribution in [0.4, 0.5) is 5.69 Å². The molecular weight excluding hydrogens is 248 g/mol. The third-order valence-electron chi connectivity index (χ3n) is 4.41. The summed E-state index contributed by atoms with van der Waals surface area (Å²) >= 11 is 0. The highest BCUT2D eigenvalue weighted by Gasteiger charge is 2.19. The number of rotatable bonds is 4. The maximum Gasteiger partial charge on any atom is 0.0566 e. The Morgan fingerprint density at radius 3 is 2.65 bits per heavy atom. The summed E-state index contributed by atoms with van der Waals surface area (Å²) in [5.74, 6) is 0. The summed E-state index contributed by atoms with van der Waals surface area (Å²) in [5, 5.41) is 3.64. The Balaban J connectivity index is 1.52. The molecule has 110 valence electrons. The summed E-state index contributed by atoms with van der Waals surface area (Å²) in [7, 11) is 0. The summed E-state index contributed by atoms with van der Waals surface area (Å²) in [4.78, 5) is 2.54. The van der Waals surface area contributed by atoms with Crippen molar-refractivity contribution in [2.75, 3.05) is 25.0 Å². The third-order valence-corrected chi connectivity index (χ3v) is 4.41. The lowest BCUT2D eigenvalue weighted by molar-refractivity contribution is 0.0232. The van der Waals surface area contributed by atoms with Crippen LogP contribution in [0.15, 0.2) is 24.3 Å². The van der Waals surface area contributed by atoms with E-state index in [-0.39, 0.29) is 0 Å². The molecule has 0 radical (unpaired) electrons. The average Bonchev–Trinajstić information content (AvgIpc) is 2.94. The first-order valence-electron chi connectivity index (χ1n) is 7.99. The van der Waals surface area contributed by atoms with E-state index in [0.29, 0.717) is 12.1 Å². The van der Waals surface area contributed by atoms with Crippen LogP contribution in [0, 0.1) is 0 Å². The Morgan fingerprint density at radius 1 is 1.20 bits per heavy atom. The lowest BCUT2D eigenvalue weighted by atomic mass is 10.0. The van der Waals surface area contributed by atoms with E-state index in [4.69, 9.17) is 4.74 Å². The van der Waals surface area contributed by atoms with E-state index in [1.807, 2.05) is 0 Å². The fraction of sp³-hybridized carbons (Fsp3) is 0.647. The number of ether oxygens (including phenoxy) is 1. The van der Waals surface area contributed by atoms with E-state index >= 15 is 0 Å². The molecule has 1 aromatic carbocycles. The van der Waals surface area contributed by atoms with Crippen molar-refractivity contribution >= 4 is 5.69 Å². The molecule has 0 aliphatic carbocycles. The maximum absolute atomic E-state index is 5.59. The highest BCUT2D eigenvalue weighted by molar-refractivity contribution is 5.45. The number of likely N-dealkylation sites (tertiary alicyclic amines) is 1. The van der Waals surface area contributed by atoms with Crippen LogP contribution in [0.2, 0.25) is 0 Å². The number of anilines is 1. The molecule has 0 aromatic heterocycles. The van der Waals surface area contributed by atoms with Crippen LogP contribution < -0.4 is 5.32 Å². The molecule has 2 heterocycles. The molecule has 2 aliphatic heterocycles. The molecular formula is C17H26N2O.